The van der Waals surface area contributed by atoms with Crippen LogP contribution in [0.1, 0.15) is 26.3 Å². The molecule has 3 N–H and O–H groups in total. The van der Waals surface area contributed by atoms with Gasteiger partial charge in [0.15, 0.2) is 0 Å². The molecule has 1 atom stereocenters. The second-order valence-electron chi connectivity index (χ2n) is 4.95. The van der Waals surface area contributed by atoms with Crippen molar-refractivity contribution < 1.29 is 4.39 Å². The van der Waals surface area contributed by atoms with E-state index in [-0.39, 0.29) is 6.04 Å². The minimum absolute atomic E-state index is 0.247. The molecule has 0 spiro atoms. The largest absolute Gasteiger partial charge is 0.399 e. The first-order valence-electron chi connectivity index (χ1n) is 5.63. The summed E-state index contributed by atoms with van der Waals surface area (Å²) >= 11 is 0. The topological polar surface area (TPSA) is 38.0 Å². The van der Waals surface area contributed by atoms with Gasteiger partial charge in [0.25, 0.3) is 0 Å². The quantitative estimate of drug-likeness (QED) is 0.754. The van der Waals surface area contributed by atoms with Crippen LogP contribution in [0.15, 0.2) is 24.3 Å². The number of anilines is 1. The number of nitrogens with one attached hydrogen (secondary N) is 1. The molecule has 0 saturated heterocycles. The first-order valence-corrected chi connectivity index (χ1v) is 5.63. The number of hydrogen-bond donors (Lipinski definition) is 2. The molecule has 0 fully saturated rings. The zero-order valence-electron chi connectivity index (χ0n) is 10.3. The number of halogens is 1. The Kier molecular flexibility index (Phi) is 4.30. The summed E-state index contributed by atoms with van der Waals surface area (Å²) in [4.78, 5) is 0. The average molecular weight is 224 g/mol. The maximum Gasteiger partial charge on any atom is 0.117 e. The molecule has 2 nitrogen and oxygen atoms in total. The molecule has 0 aliphatic rings. The molecule has 90 valence electrons. The standard InChI is InChI=1S/C13H21FN2/c1-10(16-9-13(2,3)14)7-11-5-4-6-12(15)8-11/h4-6,8,10,16H,7,9,15H2,1-3H3. The molecule has 0 bridgehead atoms. The maximum atomic E-state index is 13.3. The van der Waals surface area contributed by atoms with Crippen LogP contribution in [-0.4, -0.2) is 18.3 Å². The Morgan fingerprint density at radius 1 is 1.44 bits per heavy atom. The second kappa shape index (κ2) is 5.30. The fraction of sp³-hybridized carbons (Fsp3) is 0.538. The SMILES string of the molecule is CC(Cc1cccc(N)c1)NCC(C)(C)F. The van der Waals surface area contributed by atoms with E-state index >= 15 is 0 Å². The van der Waals surface area contributed by atoms with E-state index in [1.54, 1.807) is 13.8 Å². The molecule has 0 aromatic heterocycles. The minimum Gasteiger partial charge on any atom is -0.399 e. The van der Waals surface area contributed by atoms with E-state index in [2.05, 4.69) is 12.2 Å². The fourth-order valence-electron chi connectivity index (χ4n) is 1.56. The minimum atomic E-state index is -1.16. The van der Waals surface area contributed by atoms with Gasteiger partial charge in [-0.25, -0.2) is 4.39 Å². The highest BCUT2D eigenvalue weighted by atomic mass is 19.1. The summed E-state index contributed by atoms with van der Waals surface area (Å²) in [5.74, 6) is 0. The molecular weight excluding hydrogens is 203 g/mol. The van der Waals surface area contributed by atoms with Crippen molar-refractivity contribution in [1.29, 1.82) is 0 Å². The maximum absolute atomic E-state index is 13.3. The van der Waals surface area contributed by atoms with E-state index in [1.165, 1.54) is 5.56 Å². The lowest BCUT2D eigenvalue weighted by molar-refractivity contribution is 0.204. The van der Waals surface area contributed by atoms with E-state index in [0.717, 1.165) is 12.1 Å². The number of nitrogens with two attached hydrogens (primary N) is 1. The van der Waals surface area contributed by atoms with Gasteiger partial charge in [-0.15, -0.1) is 0 Å². The fourth-order valence-corrected chi connectivity index (χ4v) is 1.56. The third-order valence-electron chi connectivity index (χ3n) is 2.36. The van der Waals surface area contributed by atoms with Gasteiger partial charge in [-0.05, 0) is 44.9 Å². The van der Waals surface area contributed by atoms with Crippen molar-refractivity contribution in [2.75, 3.05) is 12.3 Å². The van der Waals surface area contributed by atoms with Gasteiger partial charge >= 0.3 is 0 Å². The van der Waals surface area contributed by atoms with Crippen LogP contribution >= 0.6 is 0 Å². The summed E-state index contributed by atoms with van der Waals surface area (Å²) in [7, 11) is 0. The van der Waals surface area contributed by atoms with Crippen molar-refractivity contribution >= 4 is 5.69 Å². The van der Waals surface area contributed by atoms with Crippen LogP contribution in [-0.2, 0) is 6.42 Å². The summed E-state index contributed by atoms with van der Waals surface area (Å²) in [5, 5.41) is 3.17. The van der Waals surface area contributed by atoms with Crippen molar-refractivity contribution in [3.8, 4) is 0 Å². The van der Waals surface area contributed by atoms with Crippen LogP contribution in [0, 0.1) is 0 Å². The number of alkyl halides is 1. The highest BCUT2D eigenvalue weighted by molar-refractivity contribution is 5.40. The lowest BCUT2D eigenvalue weighted by Crippen LogP contribution is -2.37. The van der Waals surface area contributed by atoms with Crippen LogP contribution in [0.4, 0.5) is 10.1 Å². The molecule has 0 aliphatic heterocycles. The zero-order chi connectivity index (χ0) is 12.2. The number of nitrogen functional groups attached to an aromatic ring is 1. The van der Waals surface area contributed by atoms with Crippen molar-refractivity contribution in [3.63, 3.8) is 0 Å². The zero-order valence-corrected chi connectivity index (χ0v) is 10.3. The van der Waals surface area contributed by atoms with Gasteiger partial charge in [-0.3, -0.25) is 0 Å². The molecule has 1 rings (SSSR count). The average Bonchev–Trinajstić information content (AvgIpc) is 2.14. The number of rotatable bonds is 5. The Balaban J connectivity index is 2.43. The molecule has 1 unspecified atom stereocenters. The summed E-state index contributed by atoms with van der Waals surface area (Å²) in [5.41, 5.74) is 6.49. The molecule has 0 radical (unpaired) electrons. The molecule has 1 aromatic carbocycles. The Bertz CT molecular complexity index is 331. The lowest BCUT2D eigenvalue weighted by Gasteiger charge is -2.19. The van der Waals surface area contributed by atoms with E-state index in [0.29, 0.717) is 6.54 Å². The molecule has 1 aromatic rings. The van der Waals surface area contributed by atoms with Gasteiger partial charge in [0.1, 0.15) is 5.67 Å². The van der Waals surface area contributed by atoms with E-state index < -0.39 is 5.67 Å². The van der Waals surface area contributed by atoms with Gasteiger partial charge in [-0.1, -0.05) is 12.1 Å². The molecule has 0 heterocycles. The van der Waals surface area contributed by atoms with Crippen molar-refractivity contribution in [1.82, 2.24) is 5.32 Å². The monoisotopic (exact) mass is 224 g/mol. The van der Waals surface area contributed by atoms with Gasteiger partial charge in [0.2, 0.25) is 0 Å². The van der Waals surface area contributed by atoms with Crippen molar-refractivity contribution in [2.24, 2.45) is 0 Å². The van der Waals surface area contributed by atoms with Gasteiger partial charge < -0.3 is 11.1 Å². The van der Waals surface area contributed by atoms with Crippen LogP contribution in [0.25, 0.3) is 0 Å². The molecule has 0 amide bonds. The van der Waals surface area contributed by atoms with Crippen molar-refractivity contribution in [2.45, 2.75) is 38.9 Å². The molecule has 3 heteroatoms. The molecular formula is C13H21FN2. The van der Waals surface area contributed by atoms with Gasteiger partial charge in [0.05, 0.1) is 0 Å². The van der Waals surface area contributed by atoms with E-state index in [1.807, 2.05) is 24.3 Å². The normalized spacial score (nSPS) is 13.8. The van der Waals surface area contributed by atoms with Gasteiger partial charge in [-0.2, -0.15) is 0 Å². The first-order chi connectivity index (χ1) is 7.37. The summed E-state index contributed by atoms with van der Waals surface area (Å²) < 4.78 is 13.3. The molecule has 0 saturated carbocycles. The third-order valence-corrected chi connectivity index (χ3v) is 2.36. The third kappa shape index (κ3) is 5.12. The Labute approximate surface area is 97.0 Å². The van der Waals surface area contributed by atoms with E-state index in [9.17, 15) is 4.39 Å². The number of benzene rings is 1. The first kappa shape index (κ1) is 13.0. The van der Waals surface area contributed by atoms with Crippen LogP contribution in [0.3, 0.4) is 0 Å². The summed E-state index contributed by atoms with van der Waals surface area (Å²) in [6, 6.07) is 8.05. The highest BCUT2D eigenvalue weighted by Crippen LogP contribution is 2.10. The summed E-state index contributed by atoms with van der Waals surface area (Å²) in [6.45, 7) is 5.58. The Morgan fingerprint density at radius 3 is 2.69 bits per heavy atom. The predicted octanol–water partition coefficient (Wildman–Crippen LogP) is 2.54. The Morgan fingerprint density at radius 2 is 2.12 bits per heavy atom. The highest BCUT2D eigenvalue weighted by Gasteiger charge is 2.16. The van der Waals surface area contributed by atoms with Crippen molar-refractivity contribution in [3.05, 3.63) is 29.8 Å². The lowest BCUT2D eigenvalue weighted by atomic mass is 10.1. The second-order valence-corrected chi connectivity index (χ2v) is 4.95. The number of hydrogen-bond acceptors (Lipinski definition) is 2. The predicted molar refractivity (Wildman–Crippen MR) is 67.2 cm³/mol. The van der Waals surface area contributed by atoms with Crippen LogP contribution in [0.5, 0.6) is 0 Å². The Hall–Kier alpha value is -1.09. The van der Waals surface area contributed by atoms with Crippen LogP contribution in [0.2, 0.25) is 0 Å². The van der Waals surface area contributed by atoms with Crippen LogP contribution < -0.4 is 11.1 Å². The summed E-state index contributed by atoms with van der Waals surface area (Å²) in [6.07, 6.45) is 0.862. The van der Waals surface area contributed by atoms with Gasteiger partial charge in [0, 0.05) is 18.3 Å². The molecule has 16 heavy (non-hydrogen) atoms. The van der Waals surface area contributed by atoms with E-state index in [4.69, 9.17) is 5.73 Å². The molecule has 0 aliphatic carbocycles. The smallest absolute Gasteiger partial charge is 0.117 e.